The molecule has 0 aliphatic carbocycles. The lowest BCUT2D eigenvalue weighted by atomic mass is 10.1. The van der Waals surface area contributed by atoms with E-state index in [1.165, 1.54) is 4.57 Å². The second kappa shape index (κ2) is 8.19. The molecule has 0 spiro atoms. The molecule has 0 aromatic carbocycles. The van der Waals surface area contributed by atoms with Crippen molar-refractivity contribution in [2.75, 3.05) is 5.73 Å². The Morgan fingerprint density at radius 1 is 1.23 bits per heavy atom. The van der Waals surface area contributed by atoms with Gasteiger partial charge in [-0.3, -0.25) is 4.57 Å². The van der Waals surface area contributed by atoms with Gasteiger partial charge in [-0.1, -0.05) is 67.7 Å². The Morgan fingerprint density at radius 3 is 2.19 bits per heavy atom. The van der Waals surface area contributed by atoms with Crippen LogP contribution >= 0.6 is 22.6 Å². The van der Waals surface area contributed by atoms with Crippen molar-refractivity contribution in [3.05, 3.63) is 20.3 Å². The van der Waals surface area contributed by atoms with Crippen LogP contribution in [0.3, 0.4) is 0 Å². The zero-order valence-electron chi connectivity index (χ0n) is 20.6. The predicted molar refractivity (Wildman–Crippen MR) is 140 cm³/mol. The van der Waals surface area contributed by atoms with Gasteiger partial charge in [-0.05, 0) is 32.7 Å². The number of nitrogen functional groups attached to an aromatic ring is 1. The highest BCUT2D eigenvalue weighted by Crippen LogP contribution is 2.54. The Kier molecular flexibility index (Phi) is 7.13. The minimum Gasteiger partial charge on any atom is -0.394 e. The standard InChI is InChI=1S/C21H40IN3O4Si2/c1-19(2,3)30(7,8)17(26)15-21(28,31(9,10)20(4,5)6)11-14(29-15)25-12-13(22)16(23)24-18(25)27/h12,14-15,17,26,28H,11H2,1-10H3,(H2,23,24,27)/t14-,15-,17?,21-/m1/s1. The molecule has 1 fully saturated rings. The van der Waals surface area contributed by atoms with Gasteiger partial charge >= 0.3 is 5.69 Å². The third kappa shape index (κ3) is 4.44. The van der Waals surface area contributed by atoms with Crippen molar-refractivity contribution in [3.8, 4) is 0 Å². The molecule has 1 aliphatic heterocycles. The summed E-state index contributed by atoms with van der Waals surface area (Å²) in [6.45, 7) is 21.4. The third-order valence-corrected chi connectivity index (χ3v) is 21.3. The monoisotopic (exact) mass is 581 g/mol. The molecular weight excluding hydrogens is 541 g/mol. The van der Waals surface area contributed by atoms with E-state index in [2.05, 4.69) is 72.7 Å². The Morgan fingerprint density at radius 2 is 1.74 bits per heavy atom. The van der Waals surface area contributed by atoms with Crippen molar-refractivity contribution >= 4 is 44.6 Å². The topological polar surface area (TPSA) is 111 Å². The summed E-state index contributed by atoms with van der Waals surface area (Å²) >= 11 is 2.03. The van der Waals surface area contributed by atoms with Crippen LogP contribution in [0.15, 0.2) is 11.0 Å². The Bertz CT molecular complexity index is 892. The van der Waals surface area contributed by atoms with Crippen LogP contribution in [-0.4, -0.2) is 53.0 Å². The number of anilines is 1. The van der Waals surface area contributed by atoms with E-state index in [0.717, 1.165) is 0 Å². The molecule has 0 saturated carbocycles. The van der Waals surface area contributed by atoms with E-state index in [0.29, 0.717) is 3.57 Å². The Hall–Kier alpha value is -0.276. The lowest BCUT2D eigenvalue weighted by molar-refractivity contribution is -0.0763. The summed E-state index contributed by atoms with van der Waals surface area (Å²) in [5, 5.41) is 22.5. The van der Waals surface area contributed by atoms with Crippen molar-refractivity contribution in [1.29, 1.82) is 0 Å². The van der Waals surface area contributed by atoms with Crippen LogP contribution < -0.4 is 11.4 Å². The van der Waals surface area contributed by atoms with Gasteiger partial charge in [-0.2, -0.15) is 4.98 Å². The SMILES string of the molecule is CC(C)(C)[Si](C)(C)C(O)[C@H]1O[C@@H](n2cc(I)c(N)nc2=O)C[C@@]1(O)[Si](C)(C)C(C)(C)C. The maximum atomic E-state index is 12.6. The van der Waals surface area contributed by atoms with Gasteiger partial charge < -0.3 is 20.7 Å². The minimum atomic E-state index is -2.45. The molecule has 7 nitrogen and oxygen atoms in total. The number of hydrogen-bond acceptors (Lipinski definition) is 6. The fourth-order valence-electron chi connectivity index (χ4n) is 3.96. The van der Waals surface area contributed by atoms with Gasteiger partial charge in [0.05, 0.1) is 30.7 Å². The largest absolute Gasteiger partial charge is 0.394 e. The molecule has 0 radical (unpaired) electrons. The second-order valence-electron chi connectivity index (χ2n) is 12.1. The average Bonchev–Trinajstić information content (AvgIpc) is 2.94. The molecule has 4 atom stereocenters. The van der Waals surface area contributed by atoms with Crippen LogP contribution in [0.4, 0.5) is 5.82 Å². The summed E-state index contributed by atoms with van der Waals surface area (Å²) in [5.41, 5.74) is 4.49. The molecule has 1 aromatic rings. The first-order chi connectivity index (χ1) is 13.7. The molecule has 1 saturated heterocycles. The van der Waals surface area contributed by atoms with Crippen molar-refractivity contribution < 1.29 is 14.9 Å². The molecule has 1 unspecified atom stereocenters. The fourth-order valence-corrected chi connectivity index (χ4v) is 9.46. The smallest absolute Gasteiger partial charge is 0.351 e. The van der Waals surface area contributed by atoms with Gasteiger partial charge in [0, 0.05) is 12.6 Å². The highest BCUT2D eigenvalue weighted by atomic mass is 127. The van der Waals surface area contributed by atoms with Gasteiger partial charge in [0.2, 0.25) is 0 Å². The fraction of sp³-hybridized carbons (Fsp3) is 0.810. The number of nitrogens with zero attached hydrogens (tertiary/aromatic N) is 2. The molecule has 10 heteroatoms. The summed E-state index contributed by atoms with van der Waals surface area (Å²) < 4.78 is 8.47. The van der Waals surface area contributed by atoms with Crippen molar-refractivity contribution in [2.45, 2.75) is 108 Å². The number of rotatable bonds is 4. The summed E-state index contributed by atoms with van der Waals surface area (Å²) in [6.07, 6.45) is 0.379. The molecular formula is C21H40IN3O4Si2. The van der Waals surface area contributed by atoms with E-state index in [9.17, 15) is 15.0 Å². The quantitative estimate of drug-likeness (QED) is 0.368. The Labute approximate surface area is 202 Å². The third-order valence-electron chi connectivity index (χ3n) is 8.42. The number of hydrogen-bond donors (Lipinski definition) is 3. The van der Waals surface area contributed by atoms with Crippen LogP contribution in [0.2, 0.25) is 36.3 Å². The first-order valence-corrected chi connectivity index (χ1v) is 17.9. The van der Waals surface area contributed by atoms with E-state index < -0.39 is 45.1 Å². The van der Waals surface area contributed by atoms with E-state index in [4.69, 9.17) is 10.5 Å². The number of ether oxygens (including phenoxy) is 1. The molecule has 31 heavy (non-hydrogen) atoms. The van der Waals surface area contributed by atoms with Crippen LogP contribution in [0, 0.1) is 3.57 Å². The number of aromatic nitrogens is 2. The lowest BCUT2D eigenvalue weighted by Crippen LogP contribution is -2.69. The molecule has 1 aromatic heterocycles. The predicted octanol–water partition coefficient (Wildman–Crippen LogP) is 3.91. The van der Waals surface area contributed by atoms with Gasteiger partial charge in [-0.25, -0.2) is 4.79 Å². The van der Waals surface area contributed by atoms with Gasteiger partial charge in [0.1, 0.15) is 18.1 Å². The highest BCUT2D eigenvalue weighted by molar-refractivity contribution is 14.1. The average molecular weight is 582 g/mol. The van der Waals surface area contributed by atoms with E-state index >= 15 is 0 Å². The van der Waals surface area contributed by atoms with Crippen LogP contribution in [0.5, 0.6) is 0 Å². The maximum absolute atomic E-state index is 12.6. The summed E-state index contributed by atoms with van der Waals surface area (Å²) in [4.78, 5) is 16.5. The van der Waals surface area contributed by atoms with Crippen LogP contribution in [-0.2, 0) is 4.74 Å². The zero-order valence-corrected chi connectivity index (χ0v) is 24.7. The number of nitrogens with two attached hydrogens (primary N) is 1. The normalized spacial score (nSPS) is 26.9. The Balaban J connectivity index is 2.66. The summed E-state index contributed by atoms with van der Waals surface area (Å²) in [7, 11) is -4.74. The van der Waals surface area contributed by atoms with Crippen molar-refractivity contribution in [1.82, 2.24) is 9.55 Å². The van der Waals surface area contributed by atoms with E-state index in [1.54, 1.807) is 6.20 Å². The molecule has 2 heterocycles. The maximum Gasteiger partial charge on any atom is 0.351 e. The molecule has 4 N–H and O–H groups in total. The number of halogens is 1. The first-order valence-electron chi connectivity index (χ1n) is 10.8. The van der Waals surface area contributed by atoms with Gasteiger partial charge in [-0.15, -0.1) is 0 Å². The lowest BCUT2D eigenvalue weighted by Gasteiger charge is -2.52. The zero-order chi connectivity index (χ0) is 24.4. The van der Waals surface area contributed by atoms with Crippen molar-refractivity contribution in [3.63, 3.8) is 0 Å². The molecule has 0 bridgehead atoms. The summed E-state index contributed by atoms with van der Waals surface area (Å²) in [5.74, 6) is 0.178. The first kappa shape index (κ1) is 27.0. The molecule has 2 rings (SSSR count). The number of aliphatic hydroxyl groups excluding tert-OH is 1. The van der Waals surface area contributed by atoms with Crippen LogP contribution in [0.1, 0.15) is 54.2 Å². The molecule has 178 valence electrons. The van der Waals surface area contributed by atoms with E-state index in [-0.39, 0.29) is 22.3 Å². The highest BCUT2D eigenvalue weighted by Gasteiger charge is 2.65. The van der Waals surface area contributed by atoms with Gasteiger partial charge in [0.25, 0.3) is 0 Å². The van der Waals surface area contributed by atoms with E-state index in [1.807, 2.05) is 22.6 Å². The molecule has 0 amide bonds. The number of aliphatic hydroxyl groups is 2. The van der Waals surface area contributed by atoms with Crippen molar-refractivity contribution in [2.24, 2.45) is 0 Å². The van der Waals surface area contributed by atoms with Gasteiger partial charge in [0.15, 0.2) is 0 Å². The summed E-state index contributed by atoms with van der Waals surface area (Å²) in [6, 6.07) is 0. The molecule has 1 aliphatic rings. The van der Waals surface area contributed by atoms with Crippen LogP contribution in [0.25, 0.3) is 0 Å². The second-order valence-corrected chi connectivity index (χ2v) is 24.4. The minimum absolute atomic E-state index is 0.100.